The van der Waals surface area contributed by atoms with Gasteiger partial charge in [-0.05, 0) is 66.7 Å². The van der Waals surface area contributed by atoms with Gasteiger partial charge in [-0.1, -0.05) is 19.1 Å². The predicted octanol–water partition coefficient (Wildman–Crippen LogP) is 2.78. The summed E-state index contributed by atoms with van der Waals surface area (Å²) < 4.78 is 5.08. The van der Waals surface area contributed by atoms with Gasteiger partial charge in [0.15, 0.2) is 5.11 Å². The van der Waals surface area contributed by atoms with E-state index in [9.17, 15) is 14.4 Å². The minimum atomic E-state index is -0.449. The molecule has 0 fully saturated rings. The quantitative estimate of drug-likeness (QED) is 0.300. The van der Waals surface area contributed by atoms with Crippen LogP contribution in [-0.2, 0) is 9.59 Å². The van der Waals surface area contributed by atoms with Crippen LogP contribution in [0.25, 0.3) is 6.08 Å². The van der Waals surface area contributed by atoms with Gasteiger partial charge in [0.05, 0.1) is 7.11 Å². The van der Waals surface area contributed by atoms with E-state index in [1.54, 1.807) is 61.7 Å². The lowest BCUT2D eigenvalue weighted by Crippen LogP contribution is -2.48. The lowest BCUT2D eigenvalue weighted by Gasteiger charge is -2.10. The molecule has 0 aliphatic carbocycles. The number of hydrazine groups is 1. The fraction of sp³-hybridized carbons (Fsp3) is 0.182. The highest BCUT2D eigenvalue weighted by Gasteiger charge is 2.08. The Morgan fingerprint density at radius 3 is 2.29 bits per heavy atom. The molecule has 31 heavy (non-hydrogen) atoms. The Morgan fingerprint density at radius 1 is 1.00 bits per heavy atom. The van der Waals surface area contributed by atoms with Crippen LogP contribution in [0.5, 0.6) is 5.75 Å². The van der Waals surface area contributed by atoms with Crippen molar-refractivity contribution in [3.8, 4) is 5.75 Å². The minimum absolute atomic E-state index is 0.0545. The second-order valence-electron chi connectivity index (χ2n) is 6.38. The molecule has 0 spiro atoms. The summed E-state index contributed by atoms with van der Waals surface area (Å²) in [7, 11) is 1.58. The number of amides is 3. The number of rotatable bonds is 7. The summed E-state index contributed by atoms with van der Waals surface area (Å²) in [5.74, 6) is -0.256. The van der Waals surface area contributed by atoms with Crippen LogP contribution in [-0.4, -0.2) is 29.9 Å². The maximum absolute atomic E-state index is 12.2. The number of ether oxygens (including phenoxy) is 1. The normalized spacial score (nSPS) is 10.3. The van der Waals surface area contributed by atoms with E-state index in [0.29, 0.717) is 17.7 Å². The smallest absolute Gasteiger partial charge is 0.269 e. The molecule has 0 bridgehead atoms. The molecule has 2 aromatic carbocycles. The molecule has 9 heteroatoms. The van der Waals surface area contributed by atoms with E-state index >= 15 is 0 Å². The summed E-state index contributed by atoms with van der Waals surface area (Å²) in [6.07, 6.45) is 4.14. The summed E-state index contributed by atoms with van der Waals surface area (Å²) in [6.45, 7) is 1.92. The van der Waals surface area contributed by atoms with Crippen molar-refractivity contribution in [2.24, 2.45) is 0 Å². The number of benzene rings is 2. The molecule has 0 aliphatic rings. The van der Waals surface area contributed by atoms with Crippen LogP contribution in [0.3, 0.4) is 0 Å². The summed E-state index contributed by atoms with van der Waals surface area (Å²) in [6, 6.07) is 13.6. The highest BCUT2D eigenvalue weighted by Crippen LogP contribution is 2.12. The van der Waals surface area contributed by atoms with Crippen molar-refractivity contribution in [3.63, 3.8) is 0 Å². The molecule has 3 amide bonds. The minimum Gasteiger partial charge on any atom is -0.497 e. The zero-order chi connectivity index (χ0) is 22.6. The second-order valence-corrected chi connectivity index (χ2v) is 6.79. The maximum Gasteiger partial charge on any atom is 0.269 e. The van der Waals surface area contributed by atoms with Gasteiger partial charge in [-0.25, -0.2) is 0 Å². The number of methoxy groups -OCH3 is 1. The number of carbonyl (C=O) groups is 3. The number of hydrogen-bond donors (Lipinski definition) is 4. The fourth-order valence-corrected chi connectivity index (χ4v) is 2.56. The topological polar surface area (TPSA) is 109 Å². The Labute approximate surface area is 186 Å². The van der Waals surface area contributed by atoms with Gasteiger partial charge in [0, 0.05) is 23.7 Å². The first-order valence-corrected chi connectivity index (χ1v) is 9.95. The van der Waals surface area contributed by atoms with Crippen molar-refractivity contribution in [1.82, 2.24) is 16.2 Å². The number of thiocarbonyl (C=S) groups is 1. The Bertz CT molecular complexity index is 956. The second kappa shape index (κ2) is 12.1. The molecule has 0 atom stereocenters. The third-order valence-electron chi connectivity index (χ3n) is 3.98. The molecule has 8 nitrogen and oxygen atoms in total. The third-order valence-corrected chi connectivity index (χ3v) is 4.18. The molecular formula is C22H24N4O4S. The van der Waals surface area contributed by atoms with Gasteiger partial charge in [-0.15, -0.1) is 0 Å². The van der Waals surface area contributed by atoms with E-state index in [1.807, 2.05) is 6.92 Å². The van der Waals surface area contributed by atoms with Crippen LogP contribution in [0.1, 0.15) is 35.7 Å². The van der Waals surface area contributed by atoms with Crippen LogP contribution in [0, 0.1) is 0 Å². The van der Waals surface area contributed by atoms with Gasteiger partial charge in [-0.2, -0.15) is 0 Å². The van der Waals surface area contributed by atoms with Gasteiger partial charge < -0.3 is 10.1 Å². The largest absolute Gasteiger partial charge is 0.497 e. The first kappa shape index (κ1) is 23.6. The van der Waals surface area contributed by atoms with Crippen molar-refractivity contribution in [3.05, 3.63) is 65.7 Å². The van der Waals surface area contributed by atoms with Crippen LogP contribution >= 0.6 is 12.2 Å². The lowest BCUT2D eigenvalue weighted by molar-refractivity contribution is -0.116. The summed E-state index contributed by atoms with van der Waals surface area (Å²) in [5.41, 5.74) is 6.65. The van der Waals surface area contributed by atoms with Gasteiger partial charge in [0.2, 0.25) is 11.8 Å². The van der Waals surface area contributed by atoms with Crippen molar-refractivity contribution in [2.75, 3.05) is 12.4 Å². The van der Waals surface area contributed by atoms with Crippen molar-refractivity contribution < 1.29 is 19.1 Å². The van der Waals surface area contributed by atoms with Gasteiger partial charge in [0.1, 0.15) is 5.75 Å². The monoisotopic (exact) mass is 440 g/mol. The van der Waals surface area contributed by atoms with Gasteiger partial charge >= 0.3 is 0 Å². The van der Waals surface area contributed by atoms with E-state index in [4.69, 9.17) is 17.0 Å². The summed E-state index contributed by atoms with van der Waals surface area (Å²) in [5, 5.41) is 5.12. The van der Waals surface area contributed by atoms with Crippen LogP contribution < -0.4 is 26.2 Å². The summed E-state index contributed by atoms with van der Waals surface area (Å²) >= 11 is 5.00. The van der Waals surface area contributed by atoms with E-state index in [2.05, 4.69) is 21.5 Å². The van der Waals surface area contributed by atoms with Crippen molar-refractivity contribution in [2.45, 2.75) is 19.8 Å². The van der Waals surface area contributed by atoms with Crippen LogP contribution in [0.4, 0.5) is 5.69 Å². The first-order chi connectivity index (χ1) is 14.9. The van der Waals surface area contributed by atoms with Gasteiger partial charge in [-0.3, -0.25) is 30.6 Å². The zero-order valence-electron chi connectivity index (χ0n) is 17.2. The van der Waals surface area contributed by atoms with E-state index in [0.717, 1.165) is 17.7 Å². The molecule has 0 saturated carbocycles. The molecule has 0 aliphatic heterocycles. The van der Waals surface area contributed by atoms with E-state index in [1.165, 1.54) is 6.08 Å². The molecule has 0 heterocycles. The van der Waals surface area contributed by atoms with E-state index < -0.39 is 11.8 Å². The van der Waals surface area contributed by atoms with Crippen LogP contribution in [0.2, 0.25) is 0 Å². The Hall–Kier alpha value is -3.72. The number of nitrogens with one attached hydrogen (secondary N) is 4. The molecule has 0 radical (unpaired) electrons. The first-order valence-electron chi connectivity index (χ1n) is 9.54. The highest BCUT2D eigenvalue weighted by molar-refractivity contribution is 7.80. The standard InChI is InChI=1S/C22H24N4O4S/c1-3-4-19(27)23-17-10-8-16(9-11-17)21(29)25-26-22(31)24-20(28)14-7-15-5-12-18(30-2)13-6-15/h5-14H,3-4H2,1-2H3,(H,23,27)(H,25,29)(H2,24,26,28,31). The van der Waals surface area contributed by atoms with Crippen molar-refractivity contribution in [1.29, 1.82) is 0 Å². The molecule has 2 rings (SSSR count). The number of hydrogen-bond acceptors (Lipinski definition) is 5. The van der Waals surface area contributed by atoms with Gasteiger partial charge in [0.25, 0.3) is 5.91 Å². The predicted molar refractivity (Wildman–Crippen MR) is 123 cm³/mol. The third kappa shape index (κ3) is 8.27. The number of carbonyl (C=O) groups excluding carboxylic acids is 3. The molecule has 0 unspecified atom stereocenters. The Morgan fingerprint density at radius 2 is 1.68 bits per heavy atom. The molecular weight excluding hydrogens is 416 g/mol. The average Bonchev–Trinajstić information content (AvgIpc) is 2.77. The Balaban J connectivity index is 1.77. The fourth-order valence-electron chi connectivity index (χ4n) is 2.41. The van der Waals surface area contributed by atoms with Crippen molar-refractivity contribution >= 4 is 46.8 Å². The zero-order valence-corrected chi connectivity index (χ0v) is 18.0. The Kier molecular flexibility index (Phi) is 9.18. The molecule has 4 N–H and O–H groups in total. The summed E-state index contributed by atoms with van der Waals surface area (Å²) in [4.78, 5) is 35.7. The molecule has 2 aromatic rings. The SMILES string of the molecule is CCCC(=O)Nc1ccc(C(=O)NNC(=S)NC(=O)C=Cc2ccc(OC)cc2)cc1. The number of anilines is 1. The van der Waals surface area contributed by atoms with E-state index in [-0.39, 0.29) is 11.0 Å². The maximum atomic E-state index is 12.2. The highest BCUT2D eigenvalue weighted by atomic mass is 32.1. The van der Waals surface area contributed by atoms with Crippen LogP contribution in [0.15, 0.2) is 54.6 Å². The average molecular weight is 441 g/mol. The lowest BCUT2D eigenvalue weighted by atomic mass is 10.2. The molecule has 162 valence electrons. The molecule has 0 saturated heterocycles. The molecule has 0 aromatic heterocycles.